The van der Waals surface area contributed by atoms with Crippen LogP contribution in [0.5, 0.6) is 0 Å². The number of carbonyl (C=O) groups is 2. The van der Waals surface area contributed by atoms with Gasteiger partial charge in [0, 0.05) is 20.1 Å². The third-order valence-electron chi connectivity index (χ3n) is 6.84. The van der Waals surface area contributed by atoms with Crippen molar-refractivity contribution in [1.82, 2.24) is 19.8 Å². The Balaban J connectivity index is 1.35. The number of para-hydroxylation sites is 2. The number of aryl methyl sites for hydroxylation is 1. The van der Waals surface area contributed by atoms with Gasteiger partial charge in [-0.1, -0.05) is 72.8 Å². The molecule has 0 aliphatic carbocycles. The van der Waals surface area contributed by atoms with Crippen LogP contribution in [0.25, 0.3) is 11.0 Å². The predicted octanol–water partition coefficient (Wildman–Crippen LogP) is 4.26. The SMILES string of the molecule is Cn1c([C@@H](NC(=O)[C@H]2CCCN(C(=O)Cc3ccccc3)C2)c2ccccc2)nc2ccccc21. The first-order chi connectivity index (χ1) is 17.1. The number of amides is 2. The molecule has 0 spiro atoms. The number of rotatable bonds is 6. The molecular formula is C29H30N4O2. The van der Waals surface area contributed by atoms with Crippen LogP contribution in [0.2, 0.25) is 0 Å². The molecule has 6 heteroatoms. The molecule has 0 unspecified atom stereocenters. The molecule has 35 heavy (non-hydrogen) atoms. The summed E-state index contributed by atoms with van der Waals surface area (Å²) in [6.07, 6.45) is 1.95. The third-order valence-corrected chi connectivity index (χ3v) is 6.84. The van der Waals surface area contributed by atoms with Crippen LogP contribution in [0, 0.1) is 5.92 Å². The average molecular weight is 467 g/mol. The van der Waals surface area contributed by atoms with E-state index < -0.39 is 0 Å². The van der Waals surface area contributed by atoms with Gasteiger partial charge in [0.05, 0.1) is 23.4 Å². The molecule has 178 valence electrons. The fraction of sp³-hybridized carbons (Fsp3) is 0.276. The summed E-state index contributed by atoms with van der Waals surface area (Å²) in [5, 5.41) is 3.27. The normalized spacial score (nSPS) is 16.7. The first-order valence-corrected chi connectivity index (χ1v) is 12.2. The van der Waals surface area contributed by atoms with Gasteiger partial charge >= 0.3 is 0 Å². The van der Waals surface area contributed by atoms with E-state index in [4.69, 9.17) is 4.98 Å². The number of piperidine rings is 1. The fourth-order valence-electron chi connectivity index (χ4n) is 4.92. The van der Waals surface area contributed by atoms with Crippen molar-refractivity contribution in [2.75, 3.05) is 13.1 Å². The van der Waals surface area contributed by atoms with Crippen molar-refractivity contribution in [3.05, 3.63) is 102 Å². The second kappa shape index (κ2) is 10.1. The minimum atomic E-state index is -0.378. The number of benzene rings is 3. The van der Waals surface area contributed by atoms with E-state index in [-0.39, 0.29) is 23.8 Å². The van der Waals surface area contributed by atoms with Crippen molar-refractivity contribution in [2.24, 2.45) is 13.0 Å². The molecule has 0 bridgehead atoms. The summed E-state index contributed by atoms with van der Waals surface area (Å²) in [7, 11) is 1.98. The molecule has 5 rings (SSSR count). The number of hydrogen-bond acceptors (Lipinski definition) is 3. The highest BCUT2D eigenvalue weighted by Crippen LogP contribution is 2.26. The van der Waals surface area contributed by atoms with E-state index in [2.05, 4.69) is 5.32 Å². The van der Waals surface area contributed by atoms with Gasteiger partial charge in [0.1, 0.15) is 11.9 Å². The minimum absolute atomic E-state index is 0.0388. The summed E-state index contributed by atoms with van der Waals surface area (Å²) in [6, 6.07) is 27.3. The summed E-state index contributed by atoms with van der Waals surface area (Å²) in [4.78, 5) is 33.1. The maximum atomic E-state index is 13.5. The largest absolute Gasteiger partial charge is 0.342 e. The van der Waals surface area contributed by atoms with Crippen LogP contribution in [0.3, 0.4) is 0 Å². The second-order valence-corrected chi connectivity index (χ2v) is 9.21. The van der Waals surface area contributed by atoms with E-state index in [1.54, 1.807) is 0 Å². The minimum Gasteiger partial charge on any atom is -0.342 e. The zero-order chi connectivity index (χ0) is 24.2. The molecule has 1 saturated heterocycles. The Labute approximate surface area is 205 Å². The monoisotopic (exact) mass is 466 g/mol. The van der Waals surface area contributed by atoms with Gasteiger partial charge in [-0.2, -0.15) is 0 Å². The second-order valence-electron chi connectivity index (χ2n) is 9.21. The molecule has 1 aliphatic heterocycles. The van der Waals surface area contributed by atoms with Crippen molar-refractivity contribution < 1.29 is 9.59 Å². The standard InChI is InChI=1S/C29H30N4O2/c1-32-25-17-9-8-16-24(25)30-28(32)27(22-13-6-3-7-14-22)31-29(35)23-15-10-18-33(20-23)26(34)19-21-11-4-2-5-12-21/h2-9,11-14,16-17,23,27H,10,15,18-20H2,1H3,(H,31,35)/t23-,27-/m0/s1. The Morgan fingerprint density at radius 3 is 2.40 bits per heavy atom. The summed E-state index contributed by atoms with van der Waals surface area (Å²) in [5.41, 5.74) is 3.89. The van der Waals surface area contributed by atoms with E-state index in [1.807, 2.05) is 101 Å². The fourth-order valence-corrected chi connectivity index (χ4v) is 4.92. The quantitative estimate of drug-likeness (QED) is 0.462. The number of carbonyl (C=O) groups excluding carboxylic acids is 2. The Bertz CT molecular complexity index is 1320. The number of hydrogen-bond donors (Lipinski definition) is 1. The van der Waals surface area contributed by atoms with Crippen molar-refractivity contribution in [2.45, 2.75) is 25.3 Å². The van der Waals surface area contributed by atoms with Gasteiger partial charge in [0.25, 0.3) is 0 Å². The lowest BCUT2D eigenvalue weighted by Gasteiger charge is -2.33. The van der Waals surface area contributed by atoms with Gasteiger partial charge in [-0.05, 0) is 36.1 Å². The Hall–Kier alpha value is -3.93. The van der Waals surface area contributed by atoms with Crippen molar-refractivity contribution in [1.29, 1.82) is 0 Å². The maximum Gasteiger partial charge on any atom is 0.227 e. The topological polar surface area (TPSA) is 67.2 Å². The summed E-state index contributed by atoms with van der Waals surface area (Å²) in [5.74, 6) is 0.578. The first-order valence-electron chi connectivity index (χ1n) is 12.2. The molecule has 3 aromatic carbocycles. The Morgan fingerprint density at radius 1 is 0.971 bits per heavy atom. The predicted molar refractivity (Wildman–Crippen MR) is 137 cm³/mol. The number of aromatic nitrogens is 2. The molecule has 2 heterocycles. The van der Waals surface area contributed by atoms with Crippen LogP contribution in [-0.4, -0.2) is 39.4 Å². The lowest BCUT2D eigenvalue weighted by molar-refractivity contribution is -0.135. The summed E-state index contributed by atoms with van der Waals surface area (Å²) < 4.78 is 2.05. The van der Waals surface area contributed by atoms with Crippen LogP contribution in [0.15, 0.2) is 84.9 Å². The highest BCUT2D eigenvalue weighted by molar-refractivity contribution is 5.83. The number of fused-ring (bicyclic) bond motifs is 1. The number of nitrogens with one attached hydrogen (secondary N) is 1. The zero-order valence-corrected chi connectivity index (χ0v) is 19.9. The molecule has 1 N–H and O–H groups in total. The molecule has 1 aromatic heterocycles. The Morgan fingerprint density at radius 2 is 1.66 bits per heavy atom. The van der Waals surface area contributed by atoms with Crippen LogP contribution in [-0.2, 0) is 23.1 Å². The molecule has 1 aliphatic rings. The third kappa shape index (κ3) is 4.97. The maximum absolute atomic E-state index is 13.5. The Kier molecular flexibility index (Phi) is 6.62. The van der Waals surface area contributed by atoms with Crippen molar-refractivity contribution in [3.63, 3.8) is 0 Å². The van der Waals surface area contributed by atoms with Crippen LogP contribution < -0.4 is 5.32 Å². The van der Waals surface area contributed by atoms with Crippen LogP contribution >= 0.6 is 0 Å². The van der Waals surface area contributed by atoms with Crippen molar-refractivity contribution in [3.8, 4) is 0 Å². The summed E-state index contributed by atoms with van der Waals surface area (Å²) >= 11 is 0. The van der Waals surface area contributed by atoms with Crippen LogP contribution in [0.1, 0.15) is 35.8 Å². The van der Waals surface area contributed by atoms with E-state index in [0.29, 0.717) is 19.5 Å². The van der Waals surface area contributed by atoms with E-state index in [9.17, 15) is 9.59 Å². The zero-order valence-electron chi connectivity index (χ0n) is 19.9. The van der Waals surface area contributed by atoms with Gasteiger partial charge in [-0.25, -0.2) is 4.98 Å². The highest BCUT2D eigenvalue weighted by atomic mass is 16.2. The molecule has 0 saturated carbocycles. The lowest BCUT2D eigenvalue weighted by Crippen LogP contribution is -2.46. The van der Waals surface area contributed by atoms with Crippen molar-refractivity contribution >= 4 is 22.8 Å². The van der Waals surface area contributed by atoms with Gasteiger partial charge in [-0.3, -0.25) is 9.59 Å². The molecule has 0 radical (unpaired) electrons. The molecular weight excluding hydrogens is 436 g/mol. The van der Waals surface area contributed by atoms with Gasteiger partial charge in [0.15, 0.2) is 0 Å². The van der Waals surface area contributed by atoms with E-state index in [0.717, 1.165) is 40.8 Å². The first kappa shape index (κ1) is 22.8. The molecule has 4 aromatic rings. The highest BCUT2D eigenvalue weighted by Gasteiger charge is 2.31. The number of nitrogens with zero attached hydrogens (tertiary/aromatic N) is 3. The smallest absolute Gasteiger partial charge is 0.227 e. The molecule has 6 nitrogen and oxygen atoms in total. The van der Waals surface area contributed by atoms with Gasteiger partial charge in [0.2, 0.25) is 11.8 Å². The molecule has 1 fully saturated rings. The van der Waals surface area contributed by atoms with Crippen LogP contribution in [0.4, 0.5) is 0 Å². The number of imidazole rings is 1. The summed E-state index contributed by atoms with van der Waals surface area (Å²) in [6.45, 7) is 1.14. The average Bonchev–Trinajstić information content (AvgIpc) is 3.24. The molecule has 2 amide bonds. The van der Waals surface area contributed by atoms with Gasteiger partial charge in [-0.15, -0.1) is 0 Å². The van der Waals surface area contributed by atoms with Gasteiger partial charge < -0.3 is 14.8 Å². The van der Waals surface area contributed by atoms with E-state index >= 15 is 0 Å². The lowest BCUT2D eigenvalue weighted by atomic mass is 9.95. The van der Waals surface area contributed by atoms with E-state index in [1.165, 1.54) is 0 Å². The number of likely N-dealkylation sites (tertiary alicyclic amines) is 1. The molecule has 2 atom stereocenters.